The molecule has 1 saturated heterocycles. The number of morpholine rings is 1. The number of hydrogen-bond donors (Lipinski definition) is 1. The molecule has 90 valence electrons. The summed E-state index contributed by atoms with van der Waals surface area (Å²) in [6, 6.07) is 0. The van der Waals surface area contributed by atoms with Crippen molar-refractivity contribution in [3.63, 3.8) is 0 Å². The van der Waals surface area contributed by atoms with E-state index in [1.807, 2.05) is 0 Å². The summed E-state index contributed by atoms with van der Waals surface area (Å²) in [6.07, 6.45) is 3.78. The van der Waals surface area contributed by atoms with Gasteiger partial charge in [0.25, 0.3) is 0 Å². The fourth-order valence-corrected chi connectivity index (χ4v) is 2.36. The maximum absolute atomic E-state index is 5.72. The monoisotopic (exact) mass is 233 g/mol. The number of aromatic nitrogens is 4. The summed E-state index contributed by atoms with van der Waals surface area (Å²) in [5.74, 6) is 0.936. The summed E-state index contributed by atoms with van der Waals surface area (Å²) in [7, 11) is 0. The van der Waals surface area contributed by atoms with Crippen molar-refractivity contribution in [3.05, 3.63) is 12.5 Å². The van der Waals surface area contributed by atoms with E-state index in [0.717, 1.165) is 29.9 Å². The van der Waals surface area contributed by atoms with E-state index >= 15 is 0 Å². The van der Waals surface area contributed by atoms with Crippen molar-refractivity contribution < 1.29 is 4.74 Å². The molecule has 2 atom stereocenters. The second kappa shape index (κ2) is 3.96. The van der Waals surface area contributed by atoms with Gasteiger partial charge < -0.3 is 9.64 Å². The van der Waals surface area contributed by atoms with Crippen LogP contribution in [-0.2, 0) is 4.74 Å². The summed E-state index contributed by atoms with van der Waals surface area (Å²) in [5, 5.41) is 7.84. The number of ether oxygens (including phenoxy) is 1. The van der Waals surface area contributed by atoms with E-state index < -0.39 is 0 Å². The largest absolute Gasteiger partial charge is 0.372 e. The molecular formula is C11H15N5O. The van der Waals surface area contributed by atoms with E-state index in [4.69, 9.17) is 4.74 Å². The minimum Gasteiger partial charge on any atom is -0.372 e. The third kappa shape index (κ3) is 1.84. The second-order valence-electron chi connectivity index (χ2n) is 4.49. The number of hydrogen-bond acceptors (Lipinski definition) is 5. The average Bonchev–Trinajstić information content (AvgIpc) is 2.75. The third-order valence-corrected chi connectivity index (χ3v) is 2.95. The molecule has 0 unspecified atom stereocenters. The Bertz CT molecular complexity index is 515. The number of nitrogens with zero attached hydrogens (tertiary/aromatic N) is 4. The molecule has 17 heavy (non-hydrogen) atoms. The van der Waals surface area contributed by atoms with Gasteiger partial charge in [-0.25, -0.2) is 9.97 Å². The molecule has 1 aliphatic heterocycles. The van der Waals surface area contributed by atoms with Gasteiger partial charge in [-0.15, -0.1) is 0 Å². The van der Waals surface area contributed by atoms with Crippen LogP contribution in [0.5, 0.6) is 0 Å². The molecule has 2 aromatic heterocycles. The first-order valence-electron chi connectivity index (χ1n) is 5.78. The molecule has 0 bridgehead atoms. The number of aromatic amines is 1. The van der Waals surface area contributed by atoms with Crippen LogP contribution in [0, 0.1) is 0 Å². The second-order valence-corrected chi connectivity index (χ2v) is 4.49. The van der Waals surface area contributed by atoms with Gasteiger partial charge >= 0.3 is 0 Å². The zero-order valence-electron chi connectivity index (χ0n) is 9.92. The average molecular weight is 233 g/mol. The van der Waals surface area contributed by atoms with Gasteiger partial charge in [-0.2, -0.15) is 5.10 Å². The van der Waals surface area contributed by atoms with Crippen LogP contribution in [0.3, 0.4) is 0 Å². The van der Waals surface area contributed by atoms with E-state index in [1.54, 1.807) is 12.5 Å². The number of anilines is 1. The van der Waals surface area contributed by atoms with Gasteiger partial charge in [0.2, 0.25) is 0 Å². The Kier molecular flexibility index (Phi) is 2.44. The minimum atomic E-state index is 0.218. The molecule has 2 aromatic rings. The highest BCUT2D eigenvalue weighted by molar-refractivity contribution is 5.86. The van der Waals surface area contributed by atoms with Gasteiger partial charge in [-0.1, -0.05) is 0 Å². The van der Waals surface area contributed by atoms with E-state index in [9.17, 15) is 0 Å². The normalized spacial score (nSPS) is 25.4. The molecule has 0 aliphatic carbocycles. The number of fused-ring (bicyclic) bond motifs is 1. The first-order valence-corrected chi connectivity index (χ1v) is 5.78. The van der Waals surface area contributed by atoms with E-state index in [-0.39, 0.29) is 12.2 Å². The molecule has 1 aliphatic rings. The molecule has 0 radical (unpaired) electrons. The molecular weight excluding hydrogens is 218 g/mol. The molecule has 3 rings (SSSR count). The molecule has 0 amide bonds. The molecule has 6 nitrogen and oxygen atoms in total. The van der Waals surface area contributed by atoms with Crippen molar-refractivity contribution in [3.8, 4) is 0 Å². The third-order valence-electron chi connectivity index (χ3n) is 2.95. The number of H-pyrrole nitrogens is 1. The lowest BCUT2D eigenvalue weighted by Crippen LogP contribution is -2.45. The maximum atomic E-state index is 5.72. The van der Waals surface area contributed by atoms with Crippen LogP contribution >= 0.6 is 0 Å². The Balaban J connectivity index is 2.00. The number of rotatable bonds is 1. The highest BCUT2D eigenvalue weighted by Crippen LogP contribution is 2.24. The van der Waals surface area contributed by atoms with E-state index in [1.165, 1.54) is 0 Å². The van der Waals surface area contributed by atoms with Gasteiger partial charge in [0.05, 0.1) is 23.8 Å². The zero-order valence-corrected chi connectivity index (χ0v) is 9.92. The summed E-state index contributed by atoms with van der Waals surface area (Å²) < 4.78 is 5.72. The topological polar surface area (TPSA) is 66.9 Å². The van der Waals surface area contributed by atoms with Crippen molar-refractivity contribution in [2.24, 2.45) is 0 Å². The van der Waals surface area contributed by atoms with Crippen molar-refractivity contribution in [1.29, 1.82) is 0 Å². The quantitative estimate of drug-likeness (QED) is 0.794. The van der Waals surface area contributed by atoms with Crippen LogP contribution in [0.2, 0.25) is 0 Å². The van der Waals surface area contributed by atoms with Crippen molar-refractivity contribution in [1.82, 2.24) is 20.2 Å². The lowest BCUT2D eigenvalue weighted by atomic mass is 10.2. The van der Waals surface area contributed by atoms with Gasteiger partial charge in [0, 0.05) is 13.1 Å². The van der Waals surface area contributed by atoms with Gasteiger partial charge in [-0.05, 0) is 13.8 Å². The van der Waals surface area contributed by atoms with Crippen LogP contribution in [0.15, 0.2) is 12.5 Å². The molecule has 1 fully saturated rings. The summed E-state index contributed by atoms with van der Waals surface area (Å²) in [4.78, 5) is 10.8. The predicted octanol–water partition coefficient (Wildman–Crippen LogP) is 0.966. The standard InChI is InChI=1S/C11H15N5O/c1-7-4-16(5-8(2)17-7)11-9-3-14-15-10(9)12-6-13-11/h3,6-8H,4-5H2,1-2H3,(H,12,13,14,15)/t7-,8-/m0/s1. The van der Waals surface area contributed by atoms with Crippen molar-refractivity contribution in [2.45, 2.75) is 26.1 Å². The van der Waals surface area contributed by atoms with Crippen LogP contribution in [0.1, 0.15) is 13.8 Å². The van der Waals surface area contributed by atoms with E-state index in [0.29, 0.717) is 0 Å². The first kappa shape index (κ1) is 10.5. The molecule has 0 aromatic carbocycles. The zero-order chi connectivity index (χ0) is 11.8. The Morgan fingerprint density at radius 1 is 1.29 bits per heavy atom. The van der Waals surface area contributed by atoms with Crippen LogP contribution in [0.4, 0.5) is 5.82 Å². The van der Waals surface area contributed by atoms with Gasteiger partial charge in [0.1, 0.15) is 12.1 Å². The Morgan fingerprint density at radius 2 is 2.06 bits per heavy atom. The maximum Gasteiger partial charge on any atom is 0.160 e. The first-order chi connectivity index (χ1) is 8.24. The molecule has 6 heteroatoms. The molecule has 3 heterocycles. The van der Waals surface area contributed by atoms with Crippen LogP contribution < -0.4 is 4.90 Å². The van der Waals surface area contributed by atoms with Crippen molar-refractivity contribution in [2.75, 3.05) is 18.0 Å². The molecule has 1 N–H and O–H groups in total. The van der Waals surface area contributed by atoms with Crippen LogP contribution in [0.25, 0.3) is 11.0 Å². The summed E-state index contributed by atoms with van der Waals surface area (Å²) in [6.45, 7) is 5.86. The minimum absolute atomic E-state index is 0.218. The highest BCUT2D eigenvalue weighted by Gasteiger charge is 2.24. The fourth-order valence-electron chi connectivity index (χ4n) is 2.36. The Hall–Kier alpha value is -1.69. The highest BCUT2D eigenvalue weighted by atomic mass is 16.5. The Labute approximate surface area is 99.0 Å². The predicted molar refractivity (Wildman–Crippen MR) is 63.9 cm³/mol. The smallest absolute Gasteiger partial charge is 0.160 e. The lowest BCUT2D eigenvalue weighted by molar-refractivity contribution is -0.00537. The van der Waals surface area contributed by atoms with Crippen LogP contribution in [-0.4, -0.2) is 45.5 Å². The Morgan fingerprint density at radius 3 is 2.82 bits per heavy atom. The van der Waals surface area contributed by atoms with Crippen molar-refractivity contribution >= 4 is 16.9 Å². The van der Waals surface area contributed by atoms with Gasteiger partial charge in [-0.3, -0.25) is 5.10 Å². The van der Waals surface area contributed by atoms with Gasteiger partial charge in [0.15, 0.2) is 5.65 Å². The van der Waals surface area contributed by atoms with E-state index in [2.05, 4.69) is 38.9 Å². The fraction of sp³-hybridized carbons (Fsp3) is 0.545. The molecule has 0 saturated carbocycles. The summed E-state index contributed by atoms with van der Waals surface area (Å²) in [5.41, 5.74) is 0.779. The lowest BCUT2D eigenvalue weighted by Gasteiger charge is -2.36. The molecule has 0 spiro atoms. The number of nitrogens with one attached hydrogen (secondary N) is 1. The summed E-state index contributed by atoms with van der Waals surface area (Å²) >= 11 is 0. The SMILES string of the molecule is C[C@H]1CN(c2ncnc3[nH]ncc23)C[C@H](C)O1.